The molecule has 4 aromatic rings. The maximum absolute atomic E-state index is 14.4. The van der Waals surface area contributed by atoms with Gasteiger partial charge in [0, 0.05) is 33.2 Å². The Morgan fingerprint density at radius 3 is 2.17 bits per heavy atom. The Balaban J connectivity index is 1.97. The van der Waals surface area contributed by atoms with Crippen molar-refractivity contribution in [3.05, 3.63) is 98.8 Å². The first-order valence-corrected chi connectivity index (χ1v) is 13.3. The summed E-state index contributed by atoms with van der Waals surface area (Å²) >= 11 is 0.697. The van der Waals surface area contributed by atoms with Gasteiger partial charge < -0.3 is 4.57 Å². The molecule has 2 heterocycles. The Hall–Kier alpha value is -3.83. The average Bonchev–Trinajstić information content (AvgIpc) is 3.34. The number of nitriles is 1. The van der Waals surface area contributed by atoms with E-state index in [1.165, 1.54) is 24.5 Å². The molecule has 0 fully saturated rings. The molecule has 0 spiro atoms. The first-order valence-electron chi connectivity index (χ1n) is 11.0. The minimum atomic E-state index is -5.13. The van der Waals surface area contributed by atoms with Crippen LogP contribution in [0.5, 0.6) is 0 Å². The van der Waals surface area contributed by atoms with E-state index in [2.05, 4.69) is 0 Å². The molecule has 0 aliphatic rings. The molecule has 0 amide bonds. The van der Waals surface area contributed by atoms with Crippen LogP contribution < -0.4 is 5.56 Å². The molecule has 0 N–H and O–H groups in total. The molecule has 0 aliphatic carbocycles. The minimum absolute atomic E-state index is 0.0305. The van der Waals surface area contributed by atoms with Gasteiger partial charge >= 0.3 is 12.4 Å². The lowest BCUT2D eigenvalue weighted by atomic mass is 10.1. The van der Waals surface area contributed by atoms with Crippen LogP contribution in [0, 0.1) is 23.0 Å². The summed E-state index contributed by atoms with van der Waals surface area (Å²) in [5.41, 5.74) is -6.04. The molecule has 4 nitrogen and oxygen atoms in total. The molecule has 0 radical (unpaired) electrons. The van der Waals surface area contributed by atoms with Gasteiger partial charge in [-0.1, -0.05) is 6.07 Å². The second-order valence-electron chi connectivity index (χ2n) is 8.38. The maximum atomic E-state index is 14.4. The van der Waals surface area contributed by atoms with Crippen LogP contribution in [-0.2, 0) is 29.7 Å². The van der Waals surface area contributed by atoms with E-state index in [0.717, 1.165) is 30.3 Å². The van der Waals surface area contributed by atoms with Crippen molar-refractivity contribution in [3.8, 4) is 27.1 Å². The highest BCUT2D eigenvalue weighted by molar-refractivity contribution is 7.84. The smallest absolute Gasteiger partial charge is 0.302 e. The van der Waals surface area contributed by atoms with Gasteiger partial charge in [-0.2, -0.15) is 31.6 Å². The molecular formula is C26H14F8N2O2S2. The molecular weight excluding hydrogens is 588 g/mol. The third kappa shape index (κ3) is 5.71. The van der Waals surface area contributed by atoms with Crippen molar-refractivity contribution in [2.75, 3.05) is 6.26 Å². The van der Waals surface area contributed by atoms with Crippen LogP contribution in [0.4, 0.5) is 35.1 Å². The monoisotopic (exact) mass is 602 g/mol. The first kappa shape index (κ1) is 29.2. The minimum Gasteiger partial charge on any atom is -0.302 e. The molecule has 0 saturated heterocycles. The standard InChI is InChI=1S/C26H14F8N2O2S2/c1-40(38)23-7-3-14(25(29,30)31)8-16(23)21-5-6-22(39-21)20-10-18(26(32,33)34)17(11-35)24(37)36(20)12-13-2-4-15(27)9-19(13)28/h2-10H,12H2,1H3. The van der Waals surface area contributed by atoms with Crippen molar-refractivity contribution in [1.29, 1.82) is 5.26 Å². The second-order valence-corrected chi connectivity index (χ2v) is 10.8. The number of aromatic nitrogens is 1. The van der Waals surface area contributed by atoms with Crippen LogP contribution in [0.1, 0.15) is 22.3 Å². The summed E-state index contributed by atoms with van der Waals surface area (Å²) in [6.07, 6.45) is -8.63. The Morgan fingerprint density at radius 1 is 0.925 bits per heavy atom. The van der Waals surface area contributed by atoms with Crippen LogP contribution in [0.15, 0.2) is 64.3 Å². The van der Waals surface area contributed by atoms with Crippen molar-refractivity contribution < 1.29 is 39.3 Å². The summed E-state index contributed by atoms with van der Waals surface area (Å²) in [6, 6.07) is 9.17. The van der Waals surface area contributed by atoms with E-state index in [1.54, 1.807) is 0 Å². The molecule has 1 unspecified atom stereocenters. The predicted molar refractivity (Wildman–Crippen MR) is 132 cm³/mol. The summed E-state index contributed by atoms with van der Waals surface area (Å²) in [7, 11) is -1.74. The van der Waals surface area contributed by atoms with Gasteiger partial charge in [0.25, 0.3) is 5.56 Å². The molecule has 208 valence electrons. The Labute approximate surface area is 227 Å². The van der Waals surface area contributed by atoms with Gasteiger partial charge in [0.15, 0.2) is 0 Å². The van der Waals surface area contributed by atoms with Crippen LogP contribution in [0.3, 0.4) is 0 Å². The van der Waals surface area contributed by atoms with Gasteiger partial charge in [0.1, 0.15) is 23.3 Å². The van der Waals surface area contributed by atoms with Crippen molar-refractivity contribution >= 4 is 22.1 Å². The number of alkyl halides is 6. The van der Waals surface area contributed by atoms with Crippen molar-refractivity contribution in [2.24, 2.45) is 0 Å². The zero-order chi connectivity index (χ0) is 29.6. The number of thiophene rings is 1. The van der Waals surface area contributed by atoms with Crippen molar-refractivity contribution in [2.45, 2.75) is 23.8 Å². The first-order chi connectivity index (χ1) is 18.6. The highest BCUT2D eigenvalue weighted by atomic mass is 32.2. The lowest BCUT2D eigenvalue weighted by Gasteiger charge is -2.17. The van der Waals surface area contributed by atoms with E-state index in [0.29, 0.717) is 28.0 Å². The Bertz CT molecular complexity index is 1750. The van der Waals surface area contributed by atoms with Gasteiger partial charge in [-0.15, -0.1) is 11.3 Å². The fourth-order valence-electron chi connectivity index (χ4n) is 3.93. The fourth-order valence-corrected chi connectivity index (χ4v) is 5.79. The summed E-state index contributed by atoms with van der Waals surface area (Å²) in [5.74, 6) is -2.03. The number of pyridine rings is 1. The predicted octanol–water partition coefficient (Wildman–Crippen LogP) is 7.22. The van der Waals surface area contributed by atoms with Crippen molar-refractivity contribution in [1.82, 2.24) is 4.57 Å². The van der Waals surface area contributed by atoms with E-state index < -0.39 is 69.3 Å². The topological polar surface area (TPSA) is 62.9 Å². The molecule has 2 aromatic heterocycles. The molecule has 1 atom stereocenters. The number of hydrogen-bond acceptors (Lipinski definition) is 4. The van der Waals surface area contributed by atoms with Gasteiger partial charge in [-0.25, -0.2) is 8.78 Å². The summed E-state index contributed by atoms with van der Waals surface area (Å²) in [4.78, 5) is 13.2. The summed E-state index contributed by atoms with van der Waals surface area (Å²) in [6.45, 7) is -0.686. The van der Waals surface area contributed by atoms with Crippen LogP contribution >= 0.6 is 11.3 Å². The highest BCUT2D eigenvalue weighted by Gasteiger charge is 2.37. The van der Waals surface area contributed by atoms with Gasteiger partial charge in [0.05, 0.1) is 39.0 Å². The van der Waals surface area contributed by atoms with Crippen molar-refractivity contribution in [3.63, 3.8) is 0 Å². The number of halogens is 8. The molecule has 0 aliphatic heterocycles. The zero-order valence-electron chi connectivity index (χ0n) is 20.0. The molecule has 4 rings (SSSR count). The summed E-state index contributed by atoms with van der Waals surface area (Å²) < 4.78 is 122. The molecule has 0 bridgehead atoms. The molecule has 14 heteroatoms. The van der Waals surface area contributed by atoms with E-state index in [4.69, 9.17) is 0 Å². The third-order valence-electron chi connectivity index (χ3n) is 5.80. The SMILES string of the molecule is CS(=O)c1ccc(C(F)(F)F)cc1-c1ccc(-c2cc(C(F)(F)F)c(C#N)c(=O)n2Cc2ccc(F)cc2F)s1. The van der Waals surface area contributed by atoms with E-state index >= 15 is 0 Å². The number of benzene rings is 2. The van der Waals surface area contributed by atoms with E-state index in [1.807, 2.05) is 0 Å². The Morgan fingerprint density at radius 2 is 1.60 bits per heavy atom. The lowest BCUT2D eigenvalue weighted by Crippen LogP contribution is -2.28. The van der Waals surface area contributed by atoms with Gasteiger partial charge in [-0.05, 0) is 42.5 Å². The van der Waals surface area contributed by atoms with Gasteiger partial charge in [0.2, 0.25) is 0 Å². The lowest BCUT2D eigenvalue weighted by molar-refractivity contribution is -0.138. The number of hydrogen-bond donors (Lipinski definition) is 0. The molecule has 0 saturated carbocycles. The summed E-state index contributed by atoms with van der Waals surface area (Å²) in [5, 5.41) is 9.33. The van der Waals surface area contributed by atoms with Gasteiger partial charge in [-0.3, -0.25) is 9.00 Å². The quantitative estimate of drug-likeness (QED) is 0.227. The van der Waals surface area contributed by atoms with E-state index in [-0.39, 0.29) is 25.8 Å². The normalized spacial score (nSPS) is 12.8. The second kappa shape index (κ2) is 10.6. The zero-order valence-corrected chi connectivity index (χ0v) is 21.6. The average molecular weight is 603 g/mol. The number of nitrogens with zero attached hydrogens (tertiary/aromatic N) is 2. The fraction of sp³-hybridized carbons (Fsp3) is 0.154. The maximum Gasteiger partial charge on any atom is 0.417 e. The van der Waals surface area contributed by atoms with E-state index in [9.17, 15) is 49.4 Å². The van der Waals surface area contributed by atoms with Crippen LogP contribution in [0.25, 0.3) is 21.0 Å². The number of rotatable bonds is 5. The molecule has 2 aromatic carbocycles. The van der Waals surface area contributed by atoms with Crippen LogP contribution in [0.2, 0.25) is 0 Å². The third-order valence-corrected chi connectivity index (χ3v) is 7.92. The largest absolute Gasteiger partial charge is 0.417 e. The Kier molecular flexibility index (Phi) is 7.75. The highest BCUT2D eigenvalue weighted by Crippen LogP contribution is 2.41. The molecule has 40 heavy (non-hydrogen) atoms. The van der Waals surface area contributed by atoms with Crippen LogP contribution in [-0.4, -0.2) is 15.0 Å².